The molecule has 0 amide bonds. The quantitative estimate of drug-likeness (QED) is 0.631. The van der Waals surface area contributed by atoms with Gasteiger partial charge in [0, 0.05) is 18.1 Å². The van der Waals surface area contributed by atoms with E-state index in [1.807, 2.05) is 24.3 Å². The molecule has 2 N–H and O–H groups in total. The third kappa shape index (κ3) is 3.70. The van der Waals surface area contributed by atoms with E-state index >= 15 is 0 Å². The fourth-order valence-electron chi connectivity index (χ4n) is 6.33. The molecule has 4 saturated carbocycles. The first-order chi connectivity index (χ1) is 14.0. The molecule has 2 aromatic rings. The Labute approximate surface area is 176 Å². The summed E-state index contributed by atoms with van der Waals surface area (Å²) in [6, 6.07) is 7.64. The van der Waals surface area contributed by atoms with Gasteiger partial charge in [0.05, 0.1) is 6.20 Å². The van der Waals surface area contributed by atoms with Crippen LogP contribution in [0.15, 0.2) is 30.5 Å². The summed E-state index contributed by atoms with van der Waals surface area (Å²) in [4.78, 5) is 8.49. The summed E-state index contributed by atoms with van der Waals surface area (Å²) < 4.78 is 14.4. The number of hydrogen-bond acceptors (Lipinski definition) is 4. The number of nitrogens with one attached hydrogen (secondary N) is 2. The molecule has 6 rings (SSSR count). The molecule has 6 heteroatoms. The van der Waals surface area contributed by atoms with Crippen molar-refractivity contribution in [2.45, 2.75) is 45.6 Å². The summed E-state index contributed by atoms with van der Waals surface area (Å²) in [5, 5.41) is 7.19. The first-order valence-corrected chi connectivity index (χ1v) is 11.1. The summed E-state index contributed by atoms with van der Waals surface area (Å²) in [5.74, 6) is 3.74. The molecule has 0 spiro atoms. The third-order valence-corrected chi connectivity index (χ3v) is 8.01. The van der Waals surface area contributed by atoms with Crippen molar-refractivity contribution in [3.63, 3.8) is 0 Å². The molecule has 4 aliphatic rings. The number of nitrogens with zero attached hydrogens (tertiary/aromatic N) is 2. The zero-order chi connectivity index (χ0) is 20.0. The van der Waals surface area contributed by atoms with Crippen molar-refractivity contribution in [1.82, 2.24) is 9.97 Å². The Bertz CT molecular complexity index is 888. The van der Waals surface area contributed by atoms with Crippen LogP contribution >= 0.6 is 11.6 Å². The Hall–Kier alpha value is -1.88. The van der Waals surface area contributed by atoms with Crippen LogP contribution in [0.3, 0.4) is 0 Å². The minimum atomic E-state index is -0.397. The van der Waals surface area contributed by atoms with Crippen molar-refractivity contribution in [2.75, 3.05) is 17.2 Å². The van der Waals surface area contributed by atoms with E-state index in [1.165, 1.54) is 38.3 Å². The molecule has 1 heterocycles. The van der Waals surface area contributed by atoms with Crippen LogP contribution in [-0.2, 0) is 6.54 Å². The lowest BCUT2D eigenvalue weighted by molar-refractivity contribution is -0.0822. The third-order valence-electron chi connectivity index (χ3n) is 7.64. The Kier molecular flexibility index (Phi) is 4.89. The Morgan fingerprint density at radius 3 is 2.66 bits per heavy atom. The molecule has 2 atom stereocenters. The van der Waals surface area contributed by atoms with E-state index in [4.69, 9.17) is 11.6 Å². The van der Waals surface area contributed by atoms with Gasteiger partial charge in [-0.25, -0.2) is 9.37 Å². The smallest absolute Gasteiger partial charge is 0.225 e. The molecule has 154 valence electrons. The van der Waals surface area contributed by atoms with Crippen molar-refractivity contribution in [1.29, 1.82) is 0 Å². The van der Waals surface area contributed by atoms with Crippen molar-refractivity contribution in [2.24, 2.45) is 29.1 Å². The molecule has 0 radical (unpaired) electrons. The van der Waals surface area contributed by atoms with E-state index in [1.54, 1.807) is 0 Å². The van der Waals surface area contributed by atoms with E-state index in [0.29, 0.717) is 28.7 Å². The summed E-state index contributed by atoms with van der Waals surface area (Å²) >= 11 is 6.20. The first kappa shape index (κ1) is 19.1. The molecular formula is C23H28ClFN4. The van der Waals surface area contributed by atoms with E-state index < -0.39 is 5.82 Å². The second kappa shape index (κ2) is 7.42. The normalized spacial score (nSPS) is 32.4. The van der Waals surface area contributed by atoms with Crippen molar-refractivity contribution in [3.8, 4) is 0 Å². The fraction of sp³-hybridized carbons (Fsp3) is 0.565. The number of benzene rings is 1. The van der Waals surface area contributed by atoms with Crippen LogP contribution in [0, 0.1) is 34.9 Å². The van der Waals surface area contributed by atoms with Crippen LogP contribution in [-0.4, -0.2) is 16.5 Å². The van der Waals surface area contributed by atoms with Crippen molar-refractivity contribution < 1.29 is 4.39 Å². The maximum atomic E-state index is 14.4. The SMILES string of the molecule is CC1C2CC3CC1CC(CNc1nc(NCc4ccccc4Cl)ncc1F)(C3)C2. The van der Waals surface area contributed by atoms with Gasteiger partial charge in [-0.15, -0.1) is 0 Å². The van der Waals surface area contributed by atoms with Gasteiger partial charge in [0.15, 0.2) is 11.6 Å². The molecule has 0 aliphatic heterocycles. The molecule has 1 aromatic heterocycles. The van der Waals surface area contributed by atoms with Crippen LogP contribution in [0.5, 0.6) is 0 Å². The Morgan fingerprint density at radius 1 is 1.14 bits per heavy atom. The van der Waals surface area contributed by atoms with Gasteiger partial charge in [0.1, 0.15) is 0 Å². The number of hydrogen-bond donors (Lipinski definition) is 2. The summed E-state index contributed by atoms with van der Waals surface area (Å²) in [7, 11) is 0. The van der Waals surface area contributed by atoms with Gasteiger partial charge in [-0.3, -0.25) is 0 Å². The highest BCUT2D eigenvalue weighted by atomic mass is 35.5. The molecule has 29 heavy (non-hydrogen) atoms. The average Bonchev–Trinajstić information content (AvgIpc) is 2.71. The van der Waals surface area contributed by atoms with Gasteiger partial charge in [-0.2, -0.15) is 4.98 Å². The lowest BCUT2D eigenvalue weighted by Crippen LogP contribution is -2.52. The average molecular weight is 415 g/mol. The molecule has 4 nitrogen and oxygen atoms in total. The predicted molar refractivity (Wildman–Crippen MR) is 114 cm³/mol. The predicted octanol–water partition coefficient (Wildman–Crippen LogP) is 5.76. The zero-order valence-corrected chi connectivity index (χ0v) is 17.6. The second-order valence-corrected chi connectivity index (χ2v) is 9.92. The van der Waals surface area contributed by atoms with Crippen LogP contribution < -0.4 is 10.6 Å². The highest BCUT2D eigenvalue weighted by Crippen LogP contribution is 2.62. The monoisotopic (exact) mass is 414 g/mol. The fourth-order valence-corrected chi connectivity index (χ4v) is 6.53. The summed E-state index contributed by atoms with van der Waals surface area (Å²) in [6.45, 7) is 3.74. The van der Waals surface area contributed by atoms with E-state index in [9.17, 15) is 4.39 Å². The van der Waals surface area contributed by atoms with Crippen LogP contribution in [0.25, 0.3) is 0 Å². The van der Waals surface area contributed by atoms with Gasteiger partial charge in [-0.05, 0) is 72.8 Å². The first-order valence-electron chi connectivity index (χ1n) is 10.7. The van der Waals surface area contributed by atoms with Gasteiger partial charge >= 0.3 is 0 Å². The molecule has 4 fully saturated rings. The zero-order valence-electron chi connectivity index (χ0n) is 16.8. The summed E-state index contributed by atoms with van der Waals surface area (Å²) in [5.41, 5.74) is 1.27. The highest BCUT2D eigenvalue weighted by molar-refractivity contribution is 6.31. The van der Waals surface area contributed by atoms with Gasteiger partial charge in [-0.1, -0.05) is 36.7 Å². The van der Waals surface area contributed by atoms with Crippen LogP contribution in [0.1, 0.15) is 44.6 Å². The van der Waals surface area contributed by atoms with Gasteiger partial charge in [0.25, 0.3) is 0 Å². The minimum absolute atomic E-state index is 0.297. The maximum absolute atomic E-state index is 14.4. The lowest BCUT2D eigenvalue weighted by Gasteiger charge is -2.59. The van der Waals surface area contributed by atoms with E-state index in [2.05, 4.69) is 27.5 Å². The molecule has 4 aliphatic carbocycles. The largest absolute Gasteiger partial charge is 0.367 e. The molecule has 4 bridgehead atoms. The standard InChI is InChI=1S/C23H28ClFN4/c1-14-17-6-15-7-18(14)10-23(8-15,9-17)13-28-21-20(25)12-27-22(29-21)26-11-16-4-2-3-5-19(16)24/h2-5,12,14-15,17-18H,6-11,13H2,1H3,(H2,26,27,28,29). The minimum Gasteiger partial charge on any atom is -0.367 e. The van der Waals surface area contributed by atoms with Crippen LogP contribution in [0.4, 0.5) is 16.2 Å². The number of aromatic nitrogens is 2. The van der Waals surface area contributed by atoms with Crippen molar-refractivity contribution in [3.05, 3.63) is 46.9 Å². The van der Waals surface area contributed by atoms with Crippen LogP contribution in [0.2, 0.25) is 5.02 Å². The Balaban J connectivity index is 1.26. The molecule has 0 saturated heterocycles. The molecule has 1 aromatic carbocycles. The number of halogens is 2. The molecular weight excluding hydrogens is 387 g/mol. The van der Waals surface area contributed by atoms with Gasteiger partial charge in [0.2, 0.25) is 5.95 Å². The van der Waals surface area contributed by atoms with E-state index in [-0.39, 0.29) is 0 Å². The van der Waals surface area contributed by atoms with Gasteiger partial charge < -0.3 is 10.6 Å². The Morgan fingerprint density at radius 2 is 1.90 bits per heavy atom. The molecule has 2 unspecified atom stereocenters. The van der Waals surface area contributed by atoms with E-state index in [0.717, 1.165) is 35.8 Å². The second-order valence-electron chi connectivity index (χ2n) is 9.52. The maximum Gasteiger partial charge on any atom is 0.225 e. The highest BCUT2D eigenvalue weighted by Gasteiger charge is 2.53. The number of rotatable bonds is 6. The topological polar surface area (TPSA) is 49.8 Å². The lowest BCUT2D eigenvalue weighted by atomic mass is 9.46. The number of anilines is 2. The van der Waals surface area contributed by atoms with Crippen molar-refractivity contribution >= 4 is 23.4 Å². The summed E-state index contributed by atoms with van der Waals surface area (Å²) in [6.07, 6.45) is 7.88.